The first-order chi connectivity index (χ1) is 20.1. The fourth-order valence-corrected chi connectivity index (χ4v) is 7.37. The molecule has 1 aliphatic rings. The Morgan fingerprint density at radius 2 is 1.15 bits per heavy atom. The molecule has 9 rings (SSSR count). The predicted molar refractivity (Wildman–Crippen MR) is 174 cm³/mol. The number of aromatic nitrogens is 1. The van der Waals surface area contributed by atoms with Crippen LogP contribution in [0, 0.1) is 0 Å². The molecule has 0 aliphatic heterocycles. The van der Waals surface area contributed by atoms with Crippen LogP contribution in [-0.2, 0) is 5.41 Å². The van der Waals surface area contributed by atoms with Crippen LogP contribution in [0.4, 0.5) is 11.4 Å². The van der Waals surface area contributed by atoms with E-state index in [1.165, 1.54) is 71.5 Å². The van der Waals surface area contributed by atoms with E-state index in [9.17, 15) is 0 Å². The molecule has 8 aromatic rings. The molecule has 2 nitrogen and oxygen atoms in total. The van der Waals surface area contributed by atoms with Crippen LogP contribution in [-0.4, -0.2) is 4.40 Å². The first-order valence-corrected chi connectivity index (χ1v) is 14.4. The summed E-state index contributed by atoms with van der Waals surface area (Å²) in [5.74, 6) is 0. The Labute approximate surface area is 238 Å². The van der Waals surface area contributed by atoms with Crippen molar-refractivity contribution in [2.45, 2.75) is 19.3 Å². The molecular weight excluding hydrogens is 496 g/mol. The van der Waals surface area contributed by atoms with Gasteiger partial charge in [-0.2, -0.15) is 0 Å². The summed E-state index contributed by atoms with van der Waals surface area (Å²) in [5.41, 5.74) is 14.0. The summed E-state index contributed by atoms with van der Waals surface area (Å²) in [6, 6.07) is 46.7. The van der Waals surface area contributed by atoms with Crippen LogP contribution in [0.2, 0.25) is 0 Å². The van der Waals surface area contributed by atoms with Crippen molar-refractivity contribution in [1.29, 1.82) is 0 Å². The Bertz CT molecular complexity index is 2300. The average molecular weight is 525 g/mol. The first-order valence-electron chi connectivity index (χ1n) is 14.4. The van der Waals surface area contributed by atoms with Gasteiger partial charge in [0.2, 0.25) is 0 Å². The number of benzene rings is 6. The largest absolute Gasteiger partial charge is 0.354 e. The fraction of sp³-hybridized carbons (Fsp3) is 0.0769. The molecule has 0 atom stereocenters. The van der Waals surface area contributed by atoms with Crippen LogP contribution < -0.4 is 5.32 Å². The number of rotatable bonds is 3. The molecule has 0 bridgehead atoms. The second-order valence-electron chi connectivity index (χ2n) is 11.9. The molecule has 41 heavy (non-hydrogen) atoms. The maximum Gasteiger partial charge on any atom is 0.0777 e. The summed E-state index contributed by atoms with van der Waals surface area (Å²) in [4.78, 5) is 0. The van der Waals surface area contributed by atoms with Crippen molar-refractivity contribution in [3.8, 4) is 22.3 Å². The van der Waals surface area contributed by atoms with Gasteiger partial charge in [0.25, 0.3) is 0 Å². The van der Waals surface area contributed by atoms with E-state index >= 15 is 0 Å². The van der Waals surface area contributed by atoms with Gasteiger partial charge >= 0.3 is 0 Å². The van der Waals surface area contributed by atoms with Gasteiger partial charge in [-0.1, -0.05) is 111 Å². The van der Waals surface area contributed by atoms with E-state index in [1.54, 1.807) is 0 Å². The molecule has 2 aromatic heterocycles. The summed E-state index contributed by atoms with van der Waals surface area (Å²) < 4.78 is 2.44. The van der Waals surface area contributed by atoms with E-state index in [1.807, 2.05) is 0 Å². The highest BCUT2D eigenvalue weighted by atomic mass is 15.0. The summed E-state index contributed by atoms with van der Waals surface area (Å²) in [6.07, 6.45) is 0. The van der Waals surface area contributed by atoms with Crippen LogP contribution in [0.1, 0.15) is 25.0 Å². The van der Waals surface area contributed by atoms with Crippen molar-refractivity contribution in [3.63, 3.8) is 0 Å². The maximum absolute atomic E-state index is 3.76. The van der Waals surface area contributed by atoms with E-state index in [2.05, 4.69) is 151 Å². The van der Waals surface area contributed by atoms with Crippen molar-refractivity contribution in [2.24, 2.45) is 0 Å². The molecule has 0 unspecified atom stereocenters. The highest BCUT2D eigenvalue weighted by Gasteiger charge is 2.35. The van der Waals surface area contributed by atoms with Crippen molar-refractivity contribution in [1.82, 2.24) is 4.40 Å². The molecule has 1 aliphatic carbocycles. The van der Waals surface area contributed by atoms with Gasteiger partial charge in [-0.25, -0.2) is 0 Å². The molecule has 2 heterocycles. The molecular formula is C39H28N2. The van der Waals surface area contributed by atoms with Crippen LogP contribution in [0.25, 0.3) is 60.3 Å². The molecule has 0 saturated heterocycles. The average Bonchev–Trinajstić information content (AvgIpc) is 3.61. The van der Waals surface area contributed by atoms with Crippen LogP contribution in [0.5, 0.6) is 0 Å². The Hall–Kier alpha value is -5.08. The van der Waals surface area contributed by atoms with Crippen LogP contribution in [0.15, 0.2) is 127 Å². The lowest BCUT2D eigenvalue weighted by Gasteiger charge is -2.21. The van der Waals surface area contributed by atoms with E-state index in [0.29, 0.717) is 0 Å². The van der Waals surface area contributed by atoms with Gasteiger partial charge in [-0.15, -0.1) is 0 Å². The molecule has 6 aromatic carbocycles. The lowest BCUT2D eigenvalue weighted by atomic mass is 9.82. The topological polar surface area (TPSA) is 16.4 Å². The van der Waals surface area contributed by atoms with Gasteiger partial charge in [-0.05, 0) is 63.7 Å². The van der Waals surface area contributed by atoms with Gasteiger partial charge < -0.3 is 9.72 Å². The minimum Gasteiger partial charge on any atom is -0.354 e. The van der Waals surface area contributed by atoms with Gasteiger partial charge in [0.1, 0.15) is 0 Å². The summed E-state index contributed by atoms with van der Waals surface area (Å²) in [5, 5.41) is 8.95. The second kappa shape index (κ2) is 7.99. The number of hydrogen-bond acceptors (Lipinski definition) is 1. The number of nitrogens with one attached hydrogen (secondary N) is 1. The highest BCUT2D eigenvalue weighted by molar-refractivity contribution is 6.24. The molecule has 2 heteroatoms. The number of para-hydroxylation sites is 3. The lowest BCUT2D eigenvalue weighted by Crippen LogP contribution is -2.14. The second-order valence-corrected chi connectivity index (χ2v) is 11.9. The van der Waals surface area contributed by atoms with Gasteiger partial charge in [0.15, 0.2) is 0 Å². The third-order valence-corrected chi connectivity index (χ3v) is 9.33. The number of anilines is 2. The molecule has 0 radical (unpaired) electrons. The highest BCUT2D eigenvalue weighted by Crippen LogP contribution is 2.49. The van der Waals surface area contributed by atoms with E-state index in [-0.39, 0.29) is 5.41 Å². The Kier molecular flexibility index (Phi) is 4.42. The zero-order valence-electron chi connectivity index (χ0n) is 23.1. The maximum atomic E-state index is 3.76. The molecule has 1 N–H and O–H groups in total. The van der Waals surface area contributed by atoms with Crippen molar-refractivity contribution in [3.05, 3.63) is 139 Å². The third kappa shape index (κ3) is 3.02. The lowest BCUT2D eigenvalue weighted by molar-refractivity contribution is 0.660. The predicted octanol–water partition coefficient (Wildman–Crippen LogP) is 10.6. The third-order valence-electron chi connectivity index (χ3n) is 9.33. The summed E-state index contributed by atoms with van der Waals surface area (Å²) in [6.45, 7) is 4.66. The zero-order chi connectivity index (χ0) is 27.3. The first kappa shape index (κ1) is 22.7. The zero-order valence-corrected chi connectivity index (χ0v) is 23.1. The summed E-state index contributed by atoms with van der Waals surface area (Å²) in [7, 11) is 0. The smallest absolute Gasteiger partial charge is 0.0777 e. The van der Waals surface area contributed by atoms with Crippen molar-refractivity contribution >= 4 is 49.5 Å². The Morgan fingerprint density at radius 3 is 2.00 bits per heavy atom. The van der Waals surface area contributed by atoms with Crippen LogP contribution >= 0.6 is 0 Å². The monoisotopic (exact) mass is 524 g/mol. The van der Waals surface area contributed by atoms with Gasteiger partial charge in [-0.3, -0.25) is 0 Å². The molecule has 0 fully saturated rings. The van der Waals surface area contributed by atoms with Crippen molar-refractivity contribution < 1.29 is 0 Å². The van der Waals surface area contributed by atoms with E-state index in [0.717, 1.165) is 11.4 Å². The van der Waals surface area contributed by atoms with Gasteiger partial charge in [0.05, 0.1) is 22.2 Å². The normalized spacial score (nSPS) is 13.8. The Morgan fingerprint density at radius 1 is 0.512 bits per heavy atom. The molecule has 194 valence electrons. The van der Waals surface area contributed by atoms with Crippen molar-refractivity contribution in [2.75, 3.05) is 5.32 Å². The number of fused-ring (bicyclic) bond motifs is 9. The standard InChI is InChI=1S/C39H28N2/c1-39(2)33-14-5-3-9-27(33)32-23-25(19-22-34(32)39)24-17-20-26(21-18-24)40-35-15-8-13-31-30-12-7-11-29-28-10-4-6-16-36(28)41(37(29)30)38(31)35/h3-23,40H,1-2H3. The number of hydrogen-bond donors (Lipinski definition) is 1. The summed E-state index contributed by atoms with van der Waals surface area (Å²) >= 11 is 0. The molecule has 0 saturated carbocycles. The number of nitrogens with zero attached hydrogens (tertiary/aromatic N) is 1. The SMILES string of the molecule is CC1(C)c2ccccc2-c2cc(-c3ccc(Nc4cccc5c6cccc7c8ccccc8n(c45)c76)cc3)ccc21. The minimum atomic E-state index is 0.0322. The van der Waals surface area contributed by atoms with E-state index < -0.39 is 0 Å². The van der Waals surface area contributed by atoms with Crippen LogP contribution in [0.3, 0.4) is 0 Å². The van der Waals surface area contributed by atoms with Gasteiger partial charge in [0, 0.05) is 32.6 Å². The molecule has 0 amide bonds. The fourth-order valence-electron chi connectivity index (χ4n) is 7.37. The van der Waals surface area contributed by atoms with E-state index in [4.69, 9.17) is 0 Å². The quantitative estimate of drug-likeness (QED) is 0.243. The molecule has 0 spiro atoms. The minimum absolute atomic E-state index is 0.0322. The Balaban J connectivity index is 1.13.